The molecular formula is C23H25NS. The maximum absolute atomic E-state index is 4.27. The number of rotatable bonds is 2. The molecule has 1 aliphatic heterocycles. The molecule has 0 saturated carbocycles. The number of aryl methyl sites for hydroxylation is 1. The zero-order chi connectivity index (χ0) is 17.7. The Labute approximate surface area is 154 Å². The van der Waals surface area contributed by atoms with Crippen LogP contribution in [0.1, 0.15) is 43.0 Å². The molecule has 0 N–H and O–H groups in total. The molecule has 1 aromatic heterocycles. The Morgan fingerprint density at radius 3 is 2.68 bits per heavy atom. The van der Waals surface area contributed by atoms with Crippen LogP contribution in [0, 0.1) is 12.8 Å². The fourth-order valence-electron chi connectivity index (χ4n) is 3.92. The van der Waals surface area contributed by atoms with Gasteiger partial charge in [-0.25, -0.2) is 0 Å². The van der Waals surface area contributed by atoms with Gasteiger partial charge in [0.1, 0.15) is 0 Å². The van der Waals surface area contributed by atoms with E-state index in [0.717, 1.165) is 12.0 Å². The minimum atomic E-state index is 0.413. The molecule has 2 unspecified atom stereocenters. The summed E-state index contributed by atoms with van der Waals surface area (Å²) in [6.45, 7) is 10.9. The maximum atomic E-state index is 4.27. The van der Waals surface area contributed by atoms with Gasteiger partial charge in [-0.05, 0) is 67.3 Å². The van der Waals surface area contributed by atoms with E-state index in [2.05, 4.69) is 81.9 Å². The number of nitrogens with zero attached hydrogens (tertiary/aromatic N) is 1. The lowest BCUT2D eigenvalue weighted by Gasteiger charge is -2.34. The summed E-state index contributed by atoms with van der Waals surface area (Å²) in [5, 5.41) is 2.76. The third kappa shape index (κ3) is 2.79. The van der Waals surface area contributed by atoms with Crippen LogP contribution in [-0.4, -0.2) is 11.9 Å². The summed E-state index contributed by atoms with van der Waals surface area (Å²) < 4.78 is 2.74. The van der Waals surface area contributed by atoms with Crippen LogP contribution in [0.25, 0.3) is 25.7 Å². The zero-order valence-corrected chi connectivity index (χ0v) is 16.3. The van der Waals surface area contributed by atoms with E-state index in [4.69, 9.17) is 0 Å². The van der Waals surface area contributed by atoms with Crippen molar-refractivity contribution < 1.29 is 0 Å². The number of fused-ring (bicyclic) bond motifs is 3. The van der Waals surface area contributed by atoms with Crippen LogP contribution in [0.15, 0.2) is 49.2 Å². The topological polar surface area (TPSA) is 3.24 Å². The minimum Gasteiger partial charge on any atom is -0.374 e. The quantitative estimate of drug-likeness (QED) is 0.486. The SMILES string of the molecule is C=C(C)c1cc2sc3cc(C)ccc3c2cc1C1CC(C)C=CN1C. The van der Waals surface area contributed by atoms with Crippen LogP contribution in [-0.2, 0) is 0 Å². The van der Waals surface area contributed by atoms with Crippen LogP contribution in [0.5, 0.6) is 0 Å². The van der Waals surface area contributed by atoms with Crippen molar-refractivity contribution in [2.75, 3.05) is 7.05 Å². The molecule has 1 nitrogen and oxygen atoms in total. The second-order valence-corrected chi connectivity index (χ2v) is 8.64. The lowest BCUT2D eigenvalue weighted by molar-refractivity contribution is 0.275. The molecule has 0 radical (unpaired) electrons. The number of hydrogen-bond donors (Lipinski definition) is 0. The van der Waals surface area contributed by atoms with Crippen molar-refractivity contribution in [1.29, 1.82) is 0 Å². The van der Waals surface area contributed by atoms with Crippen molar-refractivity contribution in [3.63, 3.8) is 0 Å². The van der Waals surface area contributed by atoms with E-state index < -0.39 is 0 Å². The summed E-state index contributed by atoms with van der Waals surface area (Å²) in [5.41, 5.74) is 5.21. The molecule has 1 aliphatic rings. The van der Waals surface area contributed by atoms with Gasteiger partial charge in [0.2, 0.25) is 0 Å². The average Bonchev–Trinajstić information content (AvgIpc) is 2.92. The van der Waals surface area contributed by atoms with Gasteiger partial charge >= 0.3 is 0 Å². The Morgan fingerprint density at radius 1 is 1.16 bits per heavy atom. The molecular weight excluding hydrogens is 322 g/mol. The van der Waals surface area contributed by atoms with Crippen molar-refractivity contribution in [2.24, 2.45) is 5.92 Å². The molecule has 25 heavy (non-hydrogen) atoms. The zero-order valence-electron chi connectivity index (χ0n) is 15.5. The van der Waals surface area contributed by atoms with E-state index in [0.29, 0.717) is 12.0 Å². The van der Waals surface area contributed by atoms with Crippen molar-refractivity contribution >= 4 is 37.1 Å². The van der Waals surface area contributed by atoms with E-state index in [-0.39, 0.29) is 0 Å². The van der Waals surface area contributed by atoms with Crippen molar-refractivity contribution in [1.82, 2.24) is 4.90 Å². The standard InChI is InChI=1S/C23H25NS/c1-14(2)18-13-23-20(17-7-6-15(3)11-22(17)25-23)12-19(18)21-10-16(4)8-9-24(21)5/h6-9,11-13,16,21H,1,10H2,2-5H3. The van der Waals surface area contributed by atoms with Crippen LogP contribution < -0.4 is 0 Å². The smallest absolute Gasteiger partial charge is 0.0545 e. The molecule has 0 bridgehead atoms. The average molecular weight is 348 g/mol. The first-order valence-electron chi connectivity index (χ1n) is 8.97. The van der Waals surface area contributed by atoms with E-state index in [1.807, 2.05) is 11.3 Å². The van der Waals surface area contributed by atoms with Crippen molar-refractivity contribution in [2.45, 2.75) is 33.2 Å². The number of benzene rings is 2. The molecule has 2 heterocycles. The first-order chi connectivity index (χ1) is 11.9. The van der Waals surface area contributed by atoms with Gasteiger partial charge in [0, 0.05) is 27.2 Å². The van der Waals surface area contributed by atoms with Crippen molar-refractivity contribution in [3.05, 3.63) is 65.9 Å². The van der Waals surface area contributed by atoms with Gasteiger partial charge in [-0.15, -0.1) is 11.3 Å². The maximum Gasteiger partial charge on any atom is 0.0545 e. The van der Waals surface area contributed by atoms with E-state index >= 15 is 0 Å². The lowest BCUT2D eigenvalue weighted by Crippen LogP contribution is -2.25. The Morgan fingerprint density at radius 2 is 1.92 bits per heavy atom. The third-order valence-electron chi connectivity index (χ3n) is 5.35. The van der Waals surface area contributed by atoms with E-state index in [9.17, 15) is 0 Å². The molecule has 3 aromatic rings. The molecule has 2 aromatic carbocycles. The van der Waals surface area contributed by atoms with Gasteiger partial charge in [-0.1, -0.05) is 37.3 Å². The number of hydrogen-bond acceptors (Lipinski definition) is 2. The van der Waals surface area contributed by atoms with Gasteiger partial charge in [-0.2, -0.15) is 0 Å². The summed E-state index contributed by atoms with van der Waals surface area (Å²) in [5.74, 6) is 0.608. The predicted molar refractivity (Wildman–Crippen MR) is 112 cm³/mol. The number of allylic oxidation sites excluding steroid dienone is 2. The highest BCUT2D eigenvalue weighted by Gasteiger charge is 2.24. The molecule has 0 aliphatic carbocycles. The van der Waals surface area contributed by atoms with Crippen LogP contribution >= 0.6 is 11.3 Å². The summed E-state index contributed by atoms with van der Waals surface area (Å²) in [7, 11) is 2.19. The van der Waals surface area contributed by atoms with Gasteiger partial charge in [0.15, 0.2) is 0 Å². The Bertz CT molecular complexity index is 1010. The molecule has 0 spiro atoms. The predicted octanol–water partition coefficient (Wildman–Crippen LogP) is 6.92. The monoisotopic (exact) mass is 347 g/mol. The first kappa shape index (κ1) is 16.4. The summed E-state index contributed by atoms with van der Waals surface area (Å²) in [6.07, 6.45) is 5.69. The summed E-state index contributed by atoms with van der Waals surface area (Å²) in [6, 6.07) is 12.0. The van der Waals surface area contributed by atoms with Gasteiger partial charge in [-0.3, -0.25) is 0 Å². The molecule has 0 saturated heterocycles. The highest BCUT2D eigenvalue weighted by molar-refractivity contribution is 7.25. The van der Waals surface area contributed by atoms with E-state index in [1.165, 1.54) is 36.9 Å². The molecule has 128 valence electrons. The largest absolute Gasteiger partial charge is 0.374 e. The van der Waals surface area contributed by atoms with Gasteiger partial charge in [0.05, 0.1) is 6.04 Å². The highest BCUT2D eigenvalue weighted by atomic mass is 32.1. The second kappa shape index (κ2) is 6.03. The summed E-state index contributed by atoms with van der Waals surface area (Å²) >= 11 is 1.90. The number of thiophene rings is 1. The fourth-order valence-corrected chi connectivity index (χ4v) is 5.15. The van der Waals surface area contributed by atoms with Crippen LogP contribution in [0.4, 0.5) is 0 Å². The van der Waals surface area contributed by atoms with Gasteiger partial charge in [0.25, 0.3) is 0 Å². The van der Waals surface area contributed by atoms with Crippen molar-refractivity contribution in [3.8, 4) is 0 Å². The third-order valence-corrected chi connectivity index (χ3v) is 6.47. The second-order valence-electron chi connectivity index (χ2n) is 7.55. The Hall–Kier alpha value is -2.06. The van der Waals surface area contributed by atoms with E-state index in [1.54, 1.807) is 0 Å². The molecule has 2 heteroatoms. The minimum absolute atomic E-state index is 0.413. The Kier molecular flexibility index (Phi) is 3.96. The highest BCUT2D eigenvalue weighted by Crippen LogP contribution is 2.41. The fraction of sp³-hybridized carbons (Fsp3) is 0.304. The van der Waals surface area contributed by atoms with Crippen LogP contribution in [0.3, 0.4) is 0 Å². The normalized spacial score (nSPS) is 20.6. The molecule has 0 fully saturated rings. The van der Waals surface area contributed by atoms with Crippen LogP contribution in [0.2, 0.25) is 0 Å². The molecule has 4 rings (SSSR count). The lowest BCUT2D eigenvalue weighted by atomic mass is 9.87. The first-order valence-corrected chi connectivity index (χ1v) is 9.78. The molecule has 0 amide bonds. The summed E-state index contributed by atoms with van der Waals surface area (Å²) in [4.78, 5) is 2.35. The van der Waals surface area contributed by atoms with Gasteiger partial charge < -0.3 is 4.90 Å². The molecule has 2 atom stereocenters. The Balaban J connectivity index is 1.98.